The van der Waals surface area contributed by atoms with E-state index in [0.29, 0.717) is 19.8 Å². The molecular formula is C25H24N4O3S. The zero-order valence-corrected chi connectivity index (χ0v) is 19.3. The van der Waals surface area contributed by atoms with Gasteiger partial charge in [-0.25, -0.2) is 9.50 Å². The van der Waals surface area contributed by atoms with E-state index in [2.05, 4.69) is 10.1 Å². The van der Waals surface area contributed by atoms with Crippen molar-refractivity contribution in [3.8, 4) is 22.8 Å². The summed E-state index contributed by atoms with van der Waals surface area (Å²) in [6.07, 6.45) is 3.53. The van der Waals surface area contributed by atoms with Crippen molar-refractivity contribution in [2.75, 3.05) is 30.4 Å². The first-order valence-electron chi connectivity index (χ1n) is 10.9. The number of amides is 1. The standard InChI is InChI=1S/C25H24N4O3S/c1-3-31-19-7-5-18(6-8-19)20-15-22-25(26-10-11-29(22)27-20)33-16-24(30)28-12-13-32-23-9-4-17(2)14-21(23)28/h4-11,14-15H,3,12-13,16H2,1-2H3. The van der Waals surface area contributed by atoms with Gasteiger partial charge in [-0.05, 0) is 61.9 Å². The molecule has 0 aliphatic carbocycles. The van der Waals surface area contributed by atoms with Gasteiger partial charge >= 0.3 is 0 Å². The molecule has 33 heavy (non-hydrogen) atoms. The van der Waals surface area contributed by atoms with E-state index < -0.39 is 0 Å². The largest absolute Gasteiger partial charge is 0.494 e. The molecule has 0 bridgehead atoms. The lowest BCUT2D eigenvalue weighted by molar-refractivity contribution is -0.116. The Morgan fingerprint density at radius 2 is 2.03 bits per heavy atom. The maximum Gasteiger partial charge on any atom is 0.237 e. The Morgan fingerprint density at radius 3 is 2.85 bits per heavy atom. The van der Waals surface area contributed by atoms with Crippen molar-refractivity contribution in [2.45, 2.75) is 18.9 Å². The van der Waals surface area contributed by atoms with Gasteiger partial charge in [0.2, 0.25) is 5.91 Å². The number of fused-ring (bicyclic) bond motifs is 2. The number of hydrogen-bond donors (Lipinski definition) is 0. The van der Waals surface area contributed by atoms with Gasteiger partial charge in [0, 0.05) is 18.0 Å². The lowest BCUT2D eigenvalue weighted by Crippen LogP contribution is -2.39. The van der Waals surface area contributed by atoms with Crippen molar-refractivity contribution in [3.63, 3.8) is 0 Å². The number of hydrogen-bond acceptors (Lipinski definition) is 6. The first-order chi connectivity index (χ1) is 16.1. The van der Waals surface area contributed by atoms with E-state index in [1.807, 2.05) is 68.6 Å². The van der Waals surface area contributed by atoms with E-state index >= 15 is 0 Å². The van der Waals surface area contributed by atoms with Crippen molar-refractivity contribution in [2.24, 2.45) is 0 Å². The summed E-state index contributed by atoms with van der Waals surface area (Å²) in [6, 6.07) is 15.8. The number of thioether (sulfide) groups is 1. The summed E-state index contributed by atoms with van der Waals surface area (Å²) in [4.78, 5) is 19.4. The number of benzene rings is 2. The highest BCUT2D eigenvalue weighted by Gasteiger charge is 2.24. The monoisotopic (exact) mass is 460 g/mol. The van der Waals surface area contributed by atoms with Crippen molar-refractivity contribution >= 4 is 28.9 Å². The molecule has 1 aliphatic rings. The molecule has 0 radical (unpaired) electrons. The van der Waals surface area contributed by atoms with E-state index in [9.17, 15) is 4.79 Å². The van der Waals surface area contributed by atoms with Gasteiger partial charge in [-0.15, -0.1) is 0 Å². The van der Waals surface area contributed by atoms with Gasteiger partial charge in [0.15, 0.2) is 0 Å². The fourth-order valence-corrected chi connectivity index (χ4v) is 4.69. The first kappa shape index (κ1) is 21.3. The minimum atomic E-state index is 0.0326. The predicted octanol–water partition coefficient (Wildman–Crippen LogP) is 4.62. The Labute approximate surface area is 196 Å². The average molecular weight is 461 g/mol. The summed E-state index contributed by atoms with van der Waals surface area (Å²) in [6.45, 7) is 5.65. The van der Waals surface area contributed by atoms with E-state index in [1.165, 1.54) is 11.8 Å². The van der Waals surface area contributed by atoms with Gasteiger partial charge in [0.1, 0.15) is 23.1 Å². The summed E-state index contributed by atoms with van der Waals surface area (Å²) >= 11 is 1.42. The molecule has 0 spiro atoms. The minimum absolute atomic E-state index is 0.0326. The maximum absolute atomic E-state index is 13.1. The number of aryl methyl sites for hydroxylation is 1. The van der Waals surface area contributed by atoms with Crippen LogP contribution in [0.3, 0.4) is 0 Å². The molecule has 3 heterocycles. The van der Waals surface area contributed by atoms with Gasteiger partial charge in [0.25, 0.3) is 0 Å². The summed E-state index contributed by atoms with van der Waals surface area (Å²) in [7, 11) is 0. The lowest BCUT2D eigenvalue weighted by Gasteiger charge is -2.29. The number of carbonyl (C=O) groups is 1. The first-order valence-corrected chi connectivity index (χ1v) is 11.8. The molecule has 8 heteroatoms. The molecule has 1 amide bonds. The summed E-state index contributed by atoms with van der Waals surface area (Å²) < 4.78 is 13.0. The molecule has 0 unspecified atom stereocenters. The summed E-state index contributed by atoms with van der Waals surface area (Å²) in [5.41, 5.74) is 4.64. The van der Waals surface area contributed by atoms with Crippen LogP contribution in [-0.4, -0.2) is 46.0 Å². The van der Waals surface area contributed by atoms with Crippen LogP contribution in [0.2, 0.25) is 0 Å². The topological polar surface area (TPSA) is 69.0 Å². The van der Waals surface area contributed by atoms with Crippen molar-refractivity contribution in [3.05, 3.63) is 66.5 Å². The maximum atomic E-state index is 13.1. The molecule has 0 saturated heterocycles. The Morgan fingerprint density at radius 1 is 1.18 bits per heavy atom. The van der Waals surface area contributed by atoms with Gasteiger partial charge in [-0.1, -0.05) is 17.8 Å². The van der Waals surface area contributed by atoms with E-state index in [-0.39, 0.29) is 11.7 Å². The third kappa shape index (κ3) is 4.39. The van der Waals surface area contributed by atoms with Gasteiger partial charge in [0.05, 0.1) is 35.8 Å². The van der Waals surface area contributed by atoms with Gasteiger partial charge < -0.3 is 14.4 Å². The lowest BCUT2D eigenvalue weighted by atomic mass is 10.1. The van der Waals surface area contributed by atoms with Crippen molar-refractivity contribution in [1.29, 1.82) is 0 Å². The SMILES string of the molecule is CCOc1ccc(-c2cc3c(SCC(=O)N4CCOc5ccc(C)cc54)nccn3n2)cc1. The van der Waals surface area contributed by atoms with E-state index in [0.717, 1.165) is 44.5 Å². The predicted molar refractivity (Wildman–Crippen MR) is 129 cm³/mol. The molecule has 0 fully saturated rings. The van der Waals surface area contributed by atoms with Crippen molar-refractivity contribution in [1.82, 2.24) is 14.6 Å². The molecule has 7 nitrogen and oxygen atoms in total. The van der Waals surface area contributed by atoms with Crippen LogP contribution in [0.15, 0.2) is 66.0 Å². The quantitative estimate of drug-likeness (QED) is 0.391. The second-order valence-electron chi connectivity index (χ2n) is 7.70. The molecule has 4 aromatic rings. The summed E-state index contributed by atoms with van der Waals surface area (Å²) in [5.74, 6) is 1.90. The molecule has 5 rings (SSSR count). The Bertz CT molecular complexity index is 1300. The Balaban J connectivity index is 1.35. The molecule has 0 saturated carbocycles. The minimum Gasteiger partial charge on any atom is -0.494 e. The average Bonchev–Trinajstić information content (AvgIpc) is 3.28. The van der Waals surface area contributed by atoms with E-state index in [4.69, 9.17) is 9.47 Å². The molecule has 2 aromatic heterocycles. The van der Waals surface area contributed by atoms with E-state index in [1.54, 1.807) is 15.6 Å². The third-order valence-electron chi connectivity index (χ3n) is 5.43. The van der Waals surface area contributed by atoms with Crippen LogP contribution in [0.4, 0.5) is 5.69 Å². The Hall–Kier alpha value is -3.52. The molecule has 1 aliphatic heterocycles. The highest BCUT2D eigenvalue weighted by atomic mass is 32.2. The van der Waals surface area contributed by atoms with Gasteiger partial charge in [-0.2, -0.15) is 5.10 Å². The van der Waals surface area contributed by atoms with Crippen LogP contribution >= 0.6 is 11.8 Å². The van der Waals surface area contributed by atoms with Crippen LogP contribution in [0, 0.1) is 6.92 Å². The van der Waals surface area contributed by atoms with Crippen LogP contribution in [-0.2, 0) is 4.79 Å². The molecule has 0 N–H and O–H groups in total. The normalized spacial score (nSPS) is 13.0. The van der Waals surface area contributed by atoms with Gasteiger partial charge in [-0.3, -0.25) is 4.79 Å². The number of aromatic nitrogens is 3. The molecule has 2 aromatic carbocycles. The number of anilines is 1. The number of carbonyl (C=O) groups excluding carboxylic acids is 1. The Kier molecular flexibility index (Phi) is 5.92. The molecule has 168 valence electrons. The number of nitrogens with zero attached hydrogens (tertiary/aromatic N) is 4. The number of rotatable bonds is 6. The smallest absolute Gasteiger partial charge is 0.237 e. The highest BCUT2D eigenvalue weighted by Crippen LogP contribution is 2.33. The zero-order chi connectivity index (χ0) is 22.8. The molecular weight excluding hydrogens is 436 g/mol. The van der Waals surface area contributed by atoms with Crippen LogP contribution < -0.4 is 14.4 Å². The number of ether oxygens (including phenoxy) is 2. The zero-order valence-electron chi connectivity index (χ0n) is 18.5. The fraction of sp³-hybridized carbons (Fsp3) is 0.240. The molecule has 0 atom stereocenters. The third-order valence-corrected chi connectivity index (χ3v) is 6.41. The van der Waals surface area contributed by atoms with Crippen LogP contribution in [0.5, 0.6) is 11.5 Å². The fourth-order valence-electron chi connectivity index (χ4n) is 3.83. The van der Waals surface area contributed by atoms with Crippen LogP contribution in [0.25, 0.3) is 16.8 Å². The van der Waals surface area contributed by atoms with Crippen molar-refractivity contribution < 1.29 is 14.3 Å². The van der Waals surface area contributed by atoms with Crippen LogP contribution in [0.1, 0.15) is 12.5 Å². The second-order valence-corrected chi connectivity index (χ2v) is 8.67. The highest BCUT2D eigenvalue weighted by molar-refractivity contribution is 8.00. The summed E-state index contributed by atoms with van der Waals surface area (Å²) in [5, 5.41) is 5.46. The second kappa shape index (κ2) is 9.15.